The molecule has 114 valence electrons. The van der Waals surface area contributed by atoms with Gasteiger partial charge in [-0.05, 0) is 33.2 Å². The van der Waals surface area contributed by atoms with Crippen molar-refractivity contribution in [2.24, 2.45) is 0 Å². The lowest BCUT2D eigenvalue weighted by Crippen LogP contribution is -2.23. The molecule has 2 aromatic rings. The molecule has 1 atom stereocenters. The van der Waals surface area contributed by atoms with Crippen molar-refractivity contribution in [3.05, 3.63) is 29.1 Å². The number of aromatic nitrogens is 3. The Hall–Kier alpha value is -1.69. The summed E-state index contributed by atoms with van der Waals surface area (Å²) in [6, 6.07) is 0.203. The Kier molecular flexibility index (Phi) is 3.80. The largest absolute Gasteiger partial charge is 0.444 e. The Morgan fingerprint density at radius 3 is 2.71 bits per heavy atom. The standard InChI is InChI=1S/C15H22N4O2/c1-9(2)15-17-14(18-21-15)12-6-5-7-19(12)8-13-16-10(3)11(4)20-13/h9,12H,5-8H2,1-4H3. The lowest BCUT2D eigenvalue weighted by molar-refractivity contribution is 0.211. The fourth-order valence-electron chi connectivity index (χ4n) is 2.71. The maximum Gasteiger partial charge on any atom is 0.229 e. The Morgan fingerprint density at radius 2 is 2.10 bits per heavy atom. The average Bonchev–Trinajstić information content (AvgIpc) is 3.11. The van der Waals surface area contributed by atoms with Crippen LogP contribution in [-0.4, -0.2) is 26.6 Å². The maximum absolute atomic E-state index is 5.69. The highest BCUT2D eigenvalue weighted by molar-refractivity contribution is 5.06. The minimum atomic E-state index is 0.203. The molecule has 0 N–H and O–H groups in total. The summed E-state index contributed by atoms with van der Waals surface area (Å²) in [5.74, 6) is 3.42. The van der Waals surface area contributed by atoms with Crippen LogP contribution >= 0.6 is 0 Å². The highest BCUT2D eigenvalue weighted by atomic mass is 16.5. The van der Waals surface area contributed by atoms with Crippen LogP contribution < -0.4 is 0 Å². The average molecular weight is 290 g/mol. The molecule has 1 saturated heterocycles. The third kappa shape index (κ3) is 2.85. The minimum absolute atomic E-state index is 0.203. The molecule has 0 amide bonds. The van der Waals surface area contributed by atoms with Gasteiger partial charge in [-0.3, -0.25) is 4.90 Å². The van der Waals surface area contributed by atoms with E-state index in [0.29, 0.717) is 12.4 Å². The molecule has 6 heteroatoms. The molecular formula is C15H22N4O2. The summed E-state index contributed by atoms with van der Waals surface area (Å²) in [4.78, 5) is 11.3. The summed E-state index contributed by atoms with van der Waals surface area (Å²) in [7, 11) is 0. The van der Waals surface area contributed by atoms with Crippen LogP contribution in [0.25, 0.3) is 0 Å². The predicted molar refractivity (Wildman–Crippen MR) is 76.7 cm³/mol. The second-order valence-electron chi connectivity index (χ2n) is 6.02. The zero-order chi connectivity index (χ0) is 15.0. The lowest BCUT2D eigenvalue weighted by Gasteiger charge is -2.19. The summed E-state index contributed by atoms with van der Waals surface area (Å²) in [6.45, 7) is 9.74. The molecule has 0 aromatic carbocycles. The van der Waals surface area contributed by atoms with Crippen LogP contribution in [0.1, 0.15) is 67.7 Å². The second-order valence-corrected chi connectivity index (χ2v) is 6.02. The van der Waals surface area contributed by atoms with Gasteiger partial charge in [-0.15, -0.1) is 0 Å². The summed E-state index contributed by atoms with van der Waals surface area (Å²) in [5, 5.41) is 4.16. The van der Waals surface area contributed by atoms with E-state index in [1.807, 2.05) is 13.8 Å². The zero-order valence-electron chi connectivity index (χ0n) is 13.1. The third-order valence-electron chi connectivity index (χ3n) is 4.02. The van der Waals surface area contributed by atoms with E-state index in [9.17, 15) is 0 Å². The van der Waals surface area contributed by atoms with Gasteiger partial charge in [0.1, 0.15) is 5.76 Å². The molecule has 1 aliphatic rings. The molecule has 21 heavy (non-hydrogen) atoms. The van der Waals surface area contributed by atoms with Crippen LogP contribution in [0.3, 0.4) is 0 Å². The number of aryl methyl sites for hydroxylation is 2. The van der Waals surface area contributed by atoms with E-state index in [1.54, 1.807) is 0 Å². The van der Waals surface area contributed by atoms with Crippen LogP contribution in [0.4, 0.5) is 0 Å². The van der Waals surface area contributed by atoms with E-state index in [2.05, 4.69) is 33.9 Å². The smallest absolute Gasteiger partial charge is 0.229 e. The lowest BCUT2D eigenvalue weighted by atomic mass is 10.2. The van der Waals surface area contributed by atoms with Crippen LogP contribution in [0.5, 0.6) is 0 Å². The summed E-state index contributed by atoms with van der Waals surface area (Å²) in [5.41, 5.74) is 0.961. The van der Waals surface area contributed by atoms with Gasteiger partial charge in [-0.25, -0.2) is 4.98 Å². The molecule has 0 spiro atoms. The number of hydrogen-bond donors (Lipinski definition) is 0. The van der Waals surface area contributed by atoms with Gasteiger partial charge in [0.15, 0.2) is 5.82 Å². The summed E-state index contributed by atoms with van der Waals surface area (Å²) < 4.78 is 11.0. The van der Waals surface area contributed by atoms with Gasteiger partial charge < -0.3 is 8.94 Å². The fourth-order valence-corrected chi connectivity index (χ4v) is 2.71. The van der Waals surface area contributed by atoms with Crippen LogP contribution in [0.2, 0.25) is 0 Å². The number of likely N-dealkylation sites (tertiary alicyclic amines) is 1. The van der Waals surface area contributed by atoms with Crippen molar-refractivity contribution in [3.63, 3.8) is 0 Å². The van der Waals surface area contributed by atoms with Gasteiger partial charge in [0.05, 0.1) is 18.3 Å². The predicted octanol–water partition coefficient (Wildman–Crippen LogP) is 3.13. The van der Waals surface area contributed by atoms with Gasteiger partial charge in [-0.2, -0.15) is 4.98 Å². The van der Waals surface area contributed by atoms with Crippen molar-refractivity contribution >= 4 is 0 Å². The number of oxazole rings is 1. The van der Waals surface area contributed by atoms with E-state index in [1.165, 1.54) is 0 Å². The van der Waals surface area contributed by atoms with E-state index in [4.69, 9.17) is 8.94 Å². The Labute approximate surface area is 124 Å². The van der Waals surface area contributed by atoms with Gasteiger partial charge in [0.2, 0.25) is 11.8 Å². The Bertz CT molecular complexity index is 597. The number of nitrogens with zero attached hydrogens (tertiary/aromatic N) is 4. The SMILES string of the molecule is Cc1nc(CN2CCCC2c2noc(C(C)C)n2)oc1C. The van der Waals surface area contributed by atoms with Crippen molar-refractivity contribution < 1.29 is 8.94 Å². The third-order valence-corrected chi connectivity index (χ3v) is 4.02. The molecular weight excluding hydrogens is 268 g/mol. The maximum atomic E-state index is 5.69. The molecule has 1 unspecified atom stereocenters. The minimum Gasteiger partial charge on any atom is -0.444 e. The first-order valence-electron chi connectivity index (χ1n) is 7.55. The molecule has 6 nitrogen and oxygen atoms in total. The summed E-state index contributed by atoms with van der Waals surface area (Å²) >= 11 is 0. The van der Waals surface area contributed by atoms with Crippen molar-refractivity contribution in [2.75, 3.05) is 6.54 Å². The molecule has 2 aromatic heterocycles. The van der Waals surface area contributed by atoms with Crippen LogP contribution in [-0.2, 0) is 6.54 Å². The normalized spacial score (nSPS) is 19.8. The van der Waals surface area contributed by atoms with Gasteiger partial charge in [0, 0.05) is 5.92 Å². The molecule has 0 aliphatic carbocycles. The van der Waals surface area contributed by atoms with Crippen molar-refractivity contribution in [1.82, 2.24) is 20.0 Å². The molecule has 0 saturated carbocycles. The zero-order valence-corrected chi connectivity index (χ0v) is 13.1. The highest BCUT2D eigenvalue weighted by Gasteiger charge is 2.31. The first-order chi connectivity index (χ1) is 10.0. The van der Waals surface area contributed by atoms with Crippen molar-refractivity contribution in [3.8, 4) is 0 Å². The first-order valence-corrected chi connectivity index (χ1v) is 7.55. The Morgan fingerprint density at radius 1 is 1.29 bits per heavy atom. The number of rotatable bonds is 4. The van der Waals surface area contributed by atoms with E-state index < -0.39 is 0 Å². The quantitative estimate of drug-likeness (QED) is 0.861. The molecule has 0 radical (unpaired) electrons. The van der Waals surface area contributed by atoms with E-state index in [0.717, 1.165) is 42.6 Å². The first kappa shape index (κ1) is 14.3. The van der Waals surface area contributed by atoms with Crippen LogP contribution in [0.15, 0.2) is 8.94 Å². The monoisotopic (exact) mass is 290 g/mol. The molecule has 3 rings (SSSR count). The highest BCUT2D eigenvalue weighted by Crippen LogP contribution is 2.32. The van der Waals surface area contributed by atoms with Gasteiger partial charge in [-0.1, -0.05) is 19.0 Å². The van der Waals surface area contributed by atoms with Gasteiger partial charge >= 0.3 is 0 Å². The molecule has 3 heterocycles. The second kappa shape index (κ2) is 5.60. The van der Waals surface area contributed by atoms with E-state index >= 15 is 0 Å². The molecule has 1 fully saturated rings. The molecule has 0 bridgehead atoms. The van der Waals surface area contributed by atoms with Crippen molar-refractivity contribution in [2.45, 2.75) is 59.0 Å². The van der Waals surface area contributed by atoms with Gasteiger partial charge in [0.25, 0.3) is 0 Å². The summed E-state index contributed by atoms with van der Waals surface area (Å²) in [6.07, 6.45) is 2.19. The fraction of sp³-hybridized carbons (Fsp3) is 0.667. The molecule has 1 aliphatic heterocycles. The van der Waals surface area contributed by atoms with Crippen molar-refractivity contribution in [1.29, 1.82) is 0 Å². The van der Waals surface area contributed by atoms with Crippen LogP contribution in [0, 0.1) is 13.8 Å². The van der Waals surface area contributed by atoms with E-state index in [-0.39, 0.29) is 12.0 Å². The number of hydrogen-bond acceptors (Lipinski definition) is 6. The Balaban J connectivity index is 1.75. The topological polar surface area (TPSA) is 68.2 Å².